The highest BCUT2D eigenvalue weighted by atomic mass is 32.2. The average Bonchev–Trinajstić information content (AvgIpc) is 1.59. The smallest absolute Gasteiger partial charge is 0.294 e. The molecule has 0 saturated carbocycles. The zero-order valence-corrected chi connectivity index (χ0v) is 56.2. The SMILES string of the molecule is CC1(C)C(=CC=C2CCCC(C=CC3=[N+](CCCCS(=O)(=O)[O-])c4ccc(S(=O)(=O)O)cc4C3(C)C)=C2Oc2ccc(S(=O)(=O)O)cc2)N(CCCCCC(=O)NCCCOc2cccc3c(C(=O)NCC(=O)N4CC(F)(F)C[C@H]4C#N)ccnc23)c2ccc(S(=O)(=O)O)cc21. The number of rotatable bonds is 27. The van der Waals surface area contributed by atoms with Crippen LogP contribution in [0.15, 0.2) is 153 Å². The minimum Gasteiger partial charge on any atom is -0.748 e. The first-order chi connectivity index (χ1) is 45.1. The van der Waals surface area contributed by atoms with Crippen molar-refractivity contribution in [2.45, 2.75) is 136 Å². The van der Waals surface area contributed by atoms with Crippen molar-refractivity contribution in [2.24, 2.45) is 0 Å². The molecule has 1 aliphatic carbocycles. The lowest BCUT2D eigenvalue weighted by atomic mass is 9.81. The molecule has 1 atom stereocenters. The highest BCUT2D eigenvalue weighted by Crippen LogP contribution is 2.49. The molecule has 1 fully saturated rings. The van der Waals surface area contributed by atoms with E-state index in [1.807, 2.05) is 56.6 Å². The van der Waals surface area contributed by atoms with E-state index in [1.54, 1.807) is 36.4 Å². The summed E-state index contributed by atoms with van der Waals surface area (Å²) in [6, 6.07) is 20.6. The van der Waals surface area contributed by atoms with Gasteiger partial charge in [-0.3, -0.25) is 33.0 Å². The molecule has 3 aliphatic heterocycles. The van der Waals surface area contributed by atoms with Gasteiger partial charge in [0.05, 0.1) is 61.5 Å². The fraction of sp³-hybridized carbons (Fsp3) is 0.394. The van der Waals surface area contributed by atoms with Crippen molar-refractivity contribution in [3.05, 3.63) is 155 Å². The average molecular weight is 1400 g/mol. The lowest BCUT2D eigenvalue weighted by Crippen LogP contribution is -2.43. The molecule has 24 nitrogen and oxygen atoms in total. The van der Waals surface area contributed by atoms with E-state index in [9.17, 15) is 80.3 Å². The molecule has 96 heavy (non-hydrogen) atoms. The molecule has 512 valence electrons. The van der Waals surface area contributed by atoms with Gasteiger partial charge in [0, 0.05) is 84.2 Å². The topological polar surface area (TPSA) is 360 Å². The molecule has 0 spiro atoms. The van der Waals surface area contributed by atoms with E-state index in [4.69, 9.17) is 9.47 Å². The number of nitriles is 1. The minimum atomic E-state index is -4.62. The van der Waals surface area contributed by atoms with Crippen LogP contribution < -0.4 is 25.0 Å². The van der Waals surface area contributed by atoms with Crippen LogP contribution in [-0.4, -0.2) is 147 Å². The Kier molecular flexibility index (Phi) is 21.6. The highest BCUT2D eigenvalue weighted by Gasteiger charge is 2.48. The maximum absolute atomic E-state index is 13.9. The Bertz CT molecular complexity index is 4580. The monoisotopic (exact) mass is 1400 g/mol. The number of fused-ring (bicyclic) bond motifs is 3. The molecule has 3 amide bonds. The predicted molar refractivity (Wildman–Crippen MR) is 349 cm³/mol. The molecule has 0 unspecified atom stereocenters. The number of unbranched alkanes of at least 4 members (excludes halogenated alkanes) is 3. The Hall–Kier alpha value is -8.28. The molecule has 0 bridgehead atoms. The van der Waals surface area contributed by atoms with Crippen LogP contribution in [0.25, 0.3) is 10.9 Å². The number of pyridine rings is 1. The van der Waals surface area contributed by atoms with Gasteiger partial charge in [-0.1, -0.05) is 38.5 Å². The first-order valence-corrected chi connectivity index (χ1v) is 36.8. The summed E-state index contributed by atoms with van der Waals surface area (Å²) in [6.07, 6.45) is 12.3. The lowest BCUT2D eigenvalue weighted by Gasteiger charge is -2.27. The number of hydrogen-bond acceptors (Lipinski definition) is 17. The zero-order valence-electron chi connectivity index (χ0n) is 53.0. The number of anilines is 1. The van der Waals surface area contributed by atoms with Crippen molar-refractivity contribution in [3.63, 3.8) is 0 Å². The second kappa shape index (κ2) is 28.8. The van der Waals surface area contributed by atoms with Gasteiger partial charge in [-0.25, -0.2) is 17.2 Å². The summed E-state index contributed by atoms with van der Waals surface area (Å²) in [5.41, 5.74) is 4.00. The fourth-order valence-corrected chi connectivity index (χ4v) is 14.5. The number of allylic oxidation sites excluding steroid dienone is 7. The second-order valence-corrected chi connectivity index (χ2v) is 30.6. The van der Waals surface area contributed by atoms with Gasteiger partial charge < -0.3 is 34.5 Å². The van der Waals surface area contributed by atoms with Crippen molar-refractivity contribution in [2.75, 3.05) is 50.0 Å². The van der Waals surface area contributed by atoms with Crippen LogP contribution in [0.2, 0.25) is 0 Å². The van der Waals surface area contributed by atoms with Gasteiger partial charge in [0.15, 0.2) is 5.71 Å². The molecular weight excluding hydrogens is 1330 g/mol. The van der Waals surface area contributed by atoms with Gasteiger partial charge in [0.25, 0.3) is 42.2 Å². The van der Waals surface area contributed by atoms with Crippen molar-refractivity contribution in [1.29, 1.82) is 5.26 Å². The Morgan fingerprint density at radius 3 is 2.17 bits per heavy atom. The van der Waals surface area contributed by atoms with Gasteiger partial charge in [0.1, 0.15) is 35.4 Å². The Morgan fingerprint density at radius 1 is 0.792 bits per heavy atom. The number of nitrogens with zero attached hydrogens (tertiary/aromatic N) is 5. The van der Waals surface area contributed by atoms with Crippen LogP contribution in [-0.2, 0) is 60.9 Å². The molecule has 30 heteroatoms. The number of ether oxygens (including phenoxy) is 2. The van der Waals surface area contributed by atoms with Gasteiger partial charge in [-0.05, 0) is 154 Å². The number of carbonyl (C=O) groups excluding carboxylic acids is 3. The van der Waals surface area contributed by atoms with Crippen molar-refractivity contribution >= 4 is 86.2 Å². The highest BCUT2D eigenvalue weighted by molar-refractivity contribution is 7.86. The number of benzene rings is 4. The lowest BCUT2D eigenvalue weighted by molar-refractivity contribution is -0.438. The van der Waals surface area contributed by atoms with Gasteiger partial charge in [-0.15, -0.1) is 0 Å². The first-order valence-electron chi connectivity index (χ1n) is 30.9. The van der Waals surface area contributed by atoms with Gasteiger partial charge in [0.2, 0.25) is 17.5 Å². The first kappa shape index (κ1) is 72.0. The van der Waals surface area contributed by atoms with Gasteiger partial charge in [-0.2, -0.15) is 35.1 Å². The third-order valence-corrected chi connectivity index (χ3v) is 20.7. The Morgan fingerprint density at radius 2 is 1.48 bits per heavy atom. The maximum Gasteiger partial charge on any atom is 0.294 e. The molecule has 1 saturated heterocycles. The molecule has 5 aromatic rings. The van der Waals surface area contributed by atoms with Crippen molar-refractivity contribution in [3.8, 4) is 17.6 Å². The minimum absolute atomic E-state index is 0.0498. The molecule has 4 aliphatic rings. The Labute approximate surface area is 556 Å². The third-order valence-electron chi connectivity index (χ3n) is 17.4. The molecule has 1 aromatic heterocycles. The molecular formula is C66H73F2N7O17S4. The van der Waals surface area contributed by atoms with E-state index in [-0.39, 0.29) is 70.9 Å². The van der Waals surface area contributed by atoms with E-state index in [0.29, 0.717) is 113 Å². The van der Waals surface area contributed by atoms with E-state index in [1.165, 1.54) is 60.8 Å². The fourth-order valence-electron chi connectivity index (χ4n) is 12.5. The van der Waals surface area contributed by atoms with Gasteiger partial charge >= 0.3 is 0 Å². The van der Waals surface area contributed by atoms with E-state index < -0.39 is 100 Å². The predicted octanol–water partition coefficient (Wildman–Crippen LogP) is 8.99. The van der Waals surface area contributed by atoms with E-state index in [2.05, 4.69) is 20.5 Å². The van der Waals surface area contributed by atoms with Crippen molar-refractivity contribution in [1.82, 2.24) is 20.5 Å². The molecule has 4 heterocycles. The quantitative estimate of drug-likeness (QED) is 0.0186. The molecule has 9 rings (SSSR count). The number of carbonyl (C=O) groups is 3. The summed E-state index contributed by atoms with van der Waals surface area (Å²) in [7, 11) is -18.3. The number of para-hydroxylation sites is 1. The number of nitrogens with one attached hydrogen (secondary N) is 2. The van der Waals surface area contributed by atoms with Crippen LogP contribution in [0.3, 0.4) is 0 Å². The summed E-state index contributed by atoms with van der Waals surface area (Å²) in [5, 5.41) is 15.0. The molecule has 0 radical (unpaired) electrons. The standard InChI is InChI=1S/C66H73F2N7O17S4/c1-64(2)52-37-48(95(85,86)87)24-26-54(52)73(33-7-5-6-17-59(76)70-31-12-35-91-56-16-11-15-50-51(30-32-71-61(50)56)63(78)72-41-60(77)75-42-66(67,68)39-45(75)40-69)57(64)28-18-43-13-10-14-44(62(43)92-46-20-22-47(23-21-46)94(82,83)84)19-29-58-65(3,4)53-38-49(96(88,89)90)25-27-55(53)74(58)34-8-9-36-93(79,80)81/h11,15-16,18-30,32,37-38,45H,5-10,12-14,17,31,33-36,39,41-42H2,1-4H3,(H5-,70,72,76,78,79,80,81,82,83,84,85,86,87,88,89,90)/t45-/m0/s1. The molecule has 4 aromatic carbocycles. The summed E-state index contributed by atoms with van der Waals surface area (Å²) in [5.74, 6) is -4.50. The largest absolute Gasteiger partial charge is 0.748 e. The Balaban J connectivity index is 0.894. The number of hydrogen-bond donors (Lipinski definition) is 5. The van der Waals surface area contributed by atoms with Crippen LogP contribution in [0.4, 0.5) is 20.2 Å². The maximum atomic E-state index is 13.9. The summed E-state index contributed by atoms with van der Waals surface area (Å²) in [4.78, 5) is 45.3. The number of alkyl halides is 2. The van der Waals surface area contributed by atoms with E-state index in [0.717, 1.165) is 10.6 Å². The molecule has 5 N–H and O–H groups in total. The van der Waals surface area contributed by atoms with E-state index >= 15 is 0 Å². The number of amides is 3. The van der Waals surface area contributed by atoms with Crippen LogP contribution in [0, 0.1) is 11.3 Å². The summed E-state index contributed by atoms with van der Waals surface area (Å²) >= 11 is 0. The van der Waals surface area contributed by atoms with Crippen molar-refractivity contribution < 1.29 is 89.1 Å². The summed E-state index contributed by atoms with van der Waals surface area (Å²) in [6.45, 7) is 7.16. The van der Waals surface area contributed by atoms with Crippen LogP contribution in [0.5, 0.6) is 11.5 Å². The number of likely N-dealkylation sites (tertiary alicyclic amines) is 1. The van der Waals surface area contributed by atoms with Crippen LogP contribution >= 0.6 is 0 Å². The third kappa shape index (κ3) is 16.9. The normalized spacial score (nSPS) is 18.5. The second-order valence-electron chi connectivity index (χ2n) is 24.8. The number of aromatic nitrogens is 1. The number of halogens is 2. The van der Waals surface area contributed by atoms with Crippen LogP contribution in [0.1, 0.15) is 120 Å². The summed E-state index contributed by atoms with van der Waals surface area (Å²) < 4.78 is 181. The zero-order chi connectivity index (χ0) is 69.8.